The van der Waals surface area contributed by atoms with Crippen LogP contribution in [0.25, 0.3) is 0 Å². The standard InChI is InChI=1S/C5H14OS/c1-5-6-7(2,3)4/h5H2,1-4H3. The third-order valence-electron chi connectivity index (χ3n) is 0.471. The van der Waals surface area contributed by atoms with Gasteiger partial charge in [0.1, 0.15) is 0 Å². The molecule has 0 unspecified atom stereocenters. The molecule has 0 aromatic heterocycles. The molecule has 0 spiro atoms. The van der Waals surface area contributed by atoms with Gasteiger partial charge in [-0.05, 0) is 25.7 Å². The van der Waals surface area contributed by atoms with E-state index in [0.29, 0.717) is 0 Å². The first-order valence-corrected chi connectivity index (χ1v) is 5.17. The Morgan fingerprint density at radius 2 is 1.71 bits per heavy atom. The SMILES string of the molecule is CCOS(C)(C)C. The van der Waals surface area contributed by atoms with E-state index in [1.807, 2.05) is 6.92 Å². The molecule has 0 atom stereocenters. The smallest absolute Gasteiger partial charge is 0.0563 e. The third-order valence-corrected chi connectivity index (χ3v) is 1.41. The molecule has 7 heavy (non-hydrogen) atoms. The van der Waals surface area contributed by atoms with Gasteiger partial charge < -0.3 is 4.18 Å². The summed E-state index contributed by atoms with van der Waals surface area (Å²) in [6, 6.07) is 0. The van der Waals surface area contributed by atoms with Crippen LogP contribution < -0.4 is 0 Å². The summed E-state index contributed by atoms with van der Waals surface area (Å²) >= 11 is 0. The van der Waals surface area contributed by atoms with Crippen molar-refractivity contribution in [1.29, 1.82) is 0 Å². The van der Waals surface area contributed by atoms with Crippen LogP contribution in [0.5, 0.6) is 0 Å². The Morgan fingerprint density at radius 3 is 1.71 bits per heavy atom. The summed E-state index contributed by atoms with van der Waals surface area (Å²) < 4.78 is 5.31. The van der Waals surface area contributed by atoms with E-state index in [1.54, 1.807) is 0 Å². The molecular formula is C5H14OS. The lowest BCUT2D eigenvalue weighted by molar-refractivity contribution is 0.389. The molecular weight excluding hydrogens is 108 g/mol. The number of hydrogen-bond acceptors (Lipinski definition) is 1. The zero-order valence-electron chi connectivity index (χ0n) is 5.52. The highest BCUT2D eigenvalue weighted by Crippen LogP contribution is 2.35. The first kappa shape index (κ1) is 7.31. The fraction of sp³-hybridized carbons (Fsp3) is 1.00. The lowest BCUT2D eigenvalue weighted by Gasteiger charge is -2.23. The van der Waals surface area contributed by atoms with E-state index in [9.17, 15) is 0 Å². The van der Waals surface area contributed by atoms with Crippen molar-refractivity contribution >= 4 is 10.3 Å². The van der Waals surface area contributed by atoms with E-state index in [-0.39, 0.29) is 0 Å². The molecule has 0 saturated heterocycles. The average Bonchev–Trinajstić information content (AvgIpc) is 1.30. The van der Waals surface area contributed by atoms with Crippen LogP contribution in [0.15, 0.2) is 0 Å². The molecule has 46 valence electrons. The molecule has 1 nitrogen and oxygen atoms in total. The second kappa shape index (κ2) is 2.58. The summed E-state index contributed by atoms with van der Waals surface area (Å²) in [5.41, 5.74) is 0. The monoisotopic (exact) mass is 122 g/mol. The normalized spacial score (nSPS) is 14.3. The van der Waals surface area contributed by atoms with E-state index < -0.39 is 10.3 Å². The molecule has 0 fully saturated rings. The molecule has 0 heterocycles. The van der Waals surface area contributed by atoms with Crippen LogP contribution in [0.3, 0.4) is 0 Å². The van der Waals surface area contributed by atoms with E-state index in [2.05, 4.69) is 18.8 Å². The summed E-state index contributed by atoms with van der Waals surface area (Å²) in [6.07, 6.45) is 6.41. The summed E-state index contributed by atoms with van der Waals surface area (Å²) in [6.45, 7) is 2.87. The molecule has 0 aliphatic heterocycles. The van der Waals surface area contributed by atoms with Crippen LogP contribution in [0.2, 0.25) is 0 Å². The topological polar surface area (TPSA) is 9.23 Å². The van der Waals surface area contributed by atoms with Gasteiger partial charge in [0.25, 0.3) is 0 Å². The van der Waals surface area contributed by atoms with Crippen LogP contribution in [-0.4, -0.2) is 25.4 Å². The molecule has 0 aromatic carbocycles. The average molecular weight is 122 g/mol. The highest BCUT2D eigenvalue weighted by molar-refractivity contribution is 8.28. The predicted molar refractivity (Wildman–Crippen MR) is 37.0 cm³/mol. The Labute approximate surface area is 47.6 Å². The summed E-state index contributed by atoms with van der Waals surface area (Å²) in [5.74, 6) is 0. The fourth-order valence-electron chi connectivity index (χ4n) is 0.354. The molecule has 0 aliphatic rings. The van der Waals surface area contributed by atoms with E-state index in [0.717, 1.165) is 6.61 Å². The molecule has 0 bridgehead atoms. The molecule has 2 heteroatoms. The van der Waals surface area contributed by atoms with Gasteiger partial charge in [-0.25, -0.2) is 0 Å². The van der Waals surface area contributed by atoms with Gasteiger partial charge in [-0.1, -0.05) is 0 Å². The zero-order chi connectivity index (χ0) is 5.91. The van der Waals surface area contributed by atoms with E-state index in [1.165, 1.54) is 0 Å². The minimum atomic E-state index is -0.674. The van der Waals surface area contributed by atoms with Crippen LogP contribution >= 0.6 is 10.3 Å². The maximum atomic E-state index is 5.31. The Bertz CT molecular complexity index is 46.5. The molecule has 0 N–H and O–H groups in total. The van der Waals surface area contributed by atoms with Crippen molar-refractivity contribution in [3.05, 3.63) is 0 Å². The largest absolute Gasteiger partial charge is 0.338 e. The Hall–Kier alpha value is 0.310. The summed E-state index contributed by atoms with van der Waals surface area (Å²) in [4.78, 5) is 0. The lowest BCUT2D eigenvalue weighted by atomic mass is 10.9. The van der Waals surface area contributed by atoms with E-state index >= 15 is 0 Å². The Balaban J connectivity index is 3.15. The van der Waals surface area contributed by atoms with Crippen LogP contribution in [-0.2, 0) is 4.18 Å². The van der Waals surface area contributed by atoms with Crippen molar-refractivity contribution < 1.29 is 4.18 Å². The highest BCUT2D eigenvalue weighted by Gasteiger charge is 1.98. The first-order valence-electron chi connectivity index (χ1n) is 2.39. The van der Waals surface area contributed by atoms with Crippen LogP contribution in [0.4, 0.5) is 0 Å². The van der Waals surface area contributed by atoms with Crippen molar-refractivity contribution in [3.8, 4) is 0 Å². The Morgan fingerprint density at radius 1 is 1.29 bits per heavy atom. The van der Waals surface area contributed by atoms with Gasteiger partial charge in [0, 0.05) is 0 Å². The zero-order valence-corrected chi connectivity index (χ0v) is 6.34. The van der Waals surface area contributed by atoms with Crippen molar-refractivity contribution in [3.63, 3.8) is 0 Å². The highest BCUT2D eigenvalue weighted by atomic mass is 32.3. The Kier molecular flexibility index (Phi) is 2.69. The number of hydrogen-bond donors (Lipinski definition) is 0. The van der Waals surface area contributed by atoms with Crippen molar-refractivity contribution in [1.82, 2.24) is 0 Å². The second-order valence-electron chi connectivity index (χ2n) is 2.13. The fourth-order valence-corrected chi connectivity index (χ4v) is 1.06. The van der Waals surface area contributed by atoms with Gasteiger partial charge in [-0.3, -0.25) is 0 Å². The number of rotatable bonds is 2. The van der Waals surface area contributed by atoms with E-state index in [4.69, 9.17) is 4.18 Å². The van der Waals surface area contributed by atoms with Gasteiger partial charge in [0.05, 0.1) is 6.61 Å². The minimum absolute atomic E-state index is 0.674. The lowest BCUT2D eigenvalue weighted by Crippen LogP contribution is -1.96. The minimum Gasteiger partial charge on any atom is -0.338 e. The first-order chi connectivity index (χ1) is 3.06. The molecule has 0 aliphatic carbocycles. The van der Waals surface area contributed by atoms with Crippen LogP contribution in [0.1, 0.15) is 6.92 Å². The van der Waals surface area contributed by atoms with Gasteiger partial charge in [0.15, 0.2) is 0 Å². The molecule has 0 amide bonds. The maximum Gasteiger partial charge on any atom is 0.0563 e. The van der Waals surface area contributed by atoms with Crippen molar-refractivity contribution in [2.24, 2.45) is 0 Å². The quantitative estimate of drug-likeness (QED) is 0.541. The third kappa shape index (κ3) is 6.31. The summed E-state index contributed by atoms with van der Waals surface area (Å²) in [5, 5.41) is 0. The van der Waals surface area contributed by atoms with Crippen molar-refractivity contribution in [2.45, 2.75) is 6.92 Å². The maximum absolute atomic E-state index is 5.31. The molecule has 0 saturated carbocycles. The summed E-state index contributed by atoms with van der Waals surface area (Å²) in [7, 11) is -0.674. The van der Waals surface area contributed by atoms with Gasteiger partial charge in [-0.15, -0.1) is 10.3 Å². The molecule has 0 radical (unpaired) electrons. The van der Waals surface area contributed by atoms with Crippen molar-refractivity contribution in [2.75, 3.05) is 25.4 Å². The van der Waals surface area contributed by atoms with Gasteiger partial charge in [0.2, 0.25) is 0 Å². The van der Waals surface area contributed by atoms with Gasteiger partial charge >= 0.3 is 0 Å². The predicted octanol–water partition coefficient (Wildman–Crippen LogP) is 1.63. The van der Waals surface area contributed by atoms with Gasteiger partial charge in [-0.2, -0.15) is 0 Å². The molecule has 0 rings (SSSR count). The van der Waals surface area contributed by atoms with Crippen LogP contribution in [0, 0.1) is 0 Å². The second-order valence-corrected chi connectivity index (χ2v) is 5.82. The molecule has 0 aromatic rings.